The van der Waals surface area contributed by atoms with Crippen molar-refractivity contribution < 1.29 is 0 Å². The van der Waals surface area contributed by atoms with Gasteiger partial charge in [-0.15, -0.1) is 0 Å². The molecule has 0 amide bonds. The molecule has 5 heteroatoms. The third-order valence-corrected chi connectivity index (χ3v) is 4.51. The fourth-order valence-electron chi connectivity index (χ4n) is 1.51. The van der Waals surface area contributed by atoms with Crippen molar-refractivity contribution in [2.45, 2.75) is 30.4 Å². The number of benzene rings is 1. The number of aryl methyl sites for hydroxylation is 2. The van der Waals surface area contributed by atoms with Crippen LogP contribution in [0.25, 0.3) is 0 Å². The molecule has 0 saturated carbocycles. The lowest BCUT2D eigenvalue weighted by atomic mass is 10.1. The van der Waals surface area contributed by atoms with Crippen LogP contribution in [0.2, 0.25) is 0 Å². The molecule has 1 aromatic heterocycles. The lowest BCUT2D eigenvalue weighted by Crippen LogP contribution is -1.88. The monoisotopic (exact) mass is 275 g/mol. The van der Waals surface area contributed by atoms with Crippen LogP contribution >= 0.6 is 23.3 Å². The van der Waals surface area contributed by atoms with E-state index in [9.17, 15) is 0 Å². The summed E-state index contributed by atoms with van der Waals surface area (Å²) in [6.45, 7) is 4.09. The van der Waals surface area contributed by atoms with E-state index in [1.54, 1.807) is 11.8 Å². The zero-order valence-corrected chi connectivity index (χ0v) is 11.9. The summed E-state index contributed by atoms with van der Waals surface area (Å²) in [6.07, 6.45) is 0.882. The third-order valence-electron chi connectivity index (χ3n) is 2.59. The molecule has 2 rings (SSSR count). The van der Waals surface area contributed by atoms with Crippen LogP contribution in [0.5, 0.6) is 0 Å². The SMILES string of the molecule is CCc1nsc(SCc2ccc(C#N)cc2C)n1. The second-order valence-electron chi connectivity index (χ2n) is 3.87. The zero-order chi connectivity index (χ0) is 13.0. The highest BCUT2D eigenvalue weighted by Crippen LogP contribution is 2.26. The Balaban J connectivity index is 2.04. The molecular formula is C13H13N3S2. The van der Waals surface area contributed by atoms with Crippen molar-refractivity contribution in [3.63, 3.8) is 0 Å². The number of rotatable bonds is 4. The Hall–Kier alpha value is -1.38. The van der Waals surface area contributed by atoms with Gasteiger partial charge in [-0.05, 0) is 41.7 Å². The second-order valence-corrected chi connectivity index (χ2v) is 5.85. The molecule has 0 atom stereocenters. The van der Waals surface area contributed by atoms with Crippen molar-refractivity contribution in [3.05, 3.63) is 40.7 Å². The van der Waals surface area contributed by atoms with Gasteiger partial charge < -0.3 is 0 Å². The first-order valence-electron chi connectivity index (χ1n) is 5.68. The average Bonchev–Trinajstić information content (AvgIpc) is 2.85. The Morgan fingerprint density at radius 2 is 2.28 bits per heavy atom. The minimum absolute atomic E-state index is 0.713. The van der Waals surface area contributed by atoms with Crippen LogP contribution in [-0.2, 0) is 12.2 Å². The smallest absolute Gasteiger partial charge is 0.170 e. The number of aromatic nitrogens is 2. The van der Waals surface area contributed by atoms with Crippen molar-refractivity contribution in [3.8, 4) is 6.07 Å². The number of hydrogen-bond acceptors (Lipinski definition) is 5. The van der Waals surface area contributed by atoms with Gasteiger partial charge >= 0.3 is 0 Å². The maximum atomic E-state index is 8.82. The summed E-state index contributed by atoms with van der Waals surface area (Å²) in [5.74, 6) is 1.79. The number of hydrogen-bond donors (Lipinski definition) is 0. The molecule has 3 nitrogen and oxygen atoms in total. The Bertz CT molecular complexity index is 584. The summed E-state index contributed by atoms with van der Waals surface area (Å²) in [5.41, 5.74) is 3.11. The van der Waals surface area contributed by atoms with Gasteiger partial charge in [0.2, 0.25) is 0 Å². The van der Waals surface area contributed by atoms with Crippen LogP contribution in [-0.4, -0.2) is 9.36 Å². The first-order chi connectivity index (χ1) is 8.72. The van der Waals surface area contributed by atoms with Crippen LogP contribution in [0.3, 0.4) is 0 Å². The van der Waals surface area contributed by atoms with E-state index in [0.29, 0.717) is 5.56 Å². The van der Waals surface area contributed by atoms with Gasteiger partial charge in [0.25, 0.3) is 0 Å². The fourth-order valence-corrected chi connectivity index (χ4v) is 3.28. The summed E-state index contributed by atoms with van der Waals surface area (Å²) in [6, 6.07) is 7.95. The predicted molar refractivity (Wildman–Crippen MR) is 74.7 cm³/mol. The lowest BCUT2D eigenvalue weighted by molar-refractivity contribution is 0.971. The predicted octanol–water partition coefficient (Wildman–Crippen LogP) is 3.57. The molecular weight excluding hydrogens is 262 g/mol. The topological polar surface area (TPSA) is 49.6 Å². The summed E-state index contributed by atoms with van der Waals surface area (Å²) >= 11 is 3.16. The quantitative estimate of drug-likeness (QED) is 0.800. The molecule has 0 aliphatic carbocycles. The Morgan fingerprint density at radius 1 is 1.44 bits per heavy atom. The molecule has 1 aromatic carbocycles. The van der Waals surface area contributed by atoms with Gasteiger partial charge in [0.15, 0.2) is 4.34 Å². The molecule has 0 fully saturated rings. The molecule has 0 spiro atoms. The van der Waals surface area contributed by atoms with E-state index in [1.165, 1.54) is 17.1 Å². The lowest BCUT2D eigenvalue weighted by Gasteiger charge is -2.03. The van der Waals surface area contributed by atoms with E-state index in [0.717, 1.165) is 27.9 Å². The minimum Gasteiger partial charge on any atom is -0.213 e. The average molecular weight is 275 g/mol. The van der Waals surface area contributed by atoms with Gasteiger partial charge in [-0.25, -0.2) is 4.98 Å². The van der Waals surface area contributed by atoms with Gasteiger partial charge in [-0.3, -0.25) is 0 Å². The van der Waals surface area contributed by atoms with E-state index in [1.807, 2.05) is 25.1 Å². The number of nitriles is 1. The first-order valence-corrected chi connectivity index (χ1v) is 7.44. The highest BCUT2D eigenvalue weighted by atomic mass is 32.2. The molecule has 0 unspecified atom stereocenters. The molecule has 0 aliphatic heterocycles. The van der Waals surface area contributed by atoms with Gasteiger partial charge in [0.1, 0.15) is 5.82 Å². The fraction of sp³-hybridized carbons (Fsp3) is 0.308. The van der Waals surface area contributed by atoms with Crippen LogP contribution in [0.4, 0.5) is 0 Å². The van der Waals surface area contributed by atoms with Crippen LogP contribution in [0, 0.1) is 18.3 Å². The van der Waals surface area contributed by atoms with Gasteiger partial charge in [-0.1, -0.05) is 24.8 Å². The molecule has 0 N–H and O–H groups in total. The zero-order valence-electron chi connectivity index (χ0n) is 10.3. The third kappa shape index (κ3) is 3.09. The summed E-state index contributed by atoms with van der Waals surface area (Å²) in [4.78, 5) is 4.43. The Morgan fingerprint density at radius 3 is 2.89 bits per heavy atom. The molecule has 0 saturated heterocycles. The Labute approximate surface area is 115 Å². The highest BCUT2D eigenvalue weighted by molar-refractivity contribution is 8.00. The molecule has 0 aliphatic rings. The van der Waals surface area contributed by atoms with Crippen LogP contribution in [0.15, 0.2) is 22.5 Å². The van der Waals surface area contributed by atoms with Gasteiger partial charge in [0.05, 0.1) is 11.6 Å². The minimum atomic E-state index is 0.713. The Kier molecular flexibility index (Phi) is 4.34. The second kappa shape index (κ2) is 5.98. The van der Waals surface area contributed by atoms with Gasteiger partial charge in [-0.2, -0.15) is 9.64 Å². The van der Waals surface area contributed by atoms with Crippen molar-refractivity contribution in [2.75, 3.05) is 0 Å². The summed E-state index contributed by atoms with van der Waals surface area (Å²) < 4.78 is 5.27. The molecule has 2 aromatic rings. The molecule has 18 heavy (non-hydrogen) atoms. The molecule has 0 radical (unpaired) electrons. The van der Waals surface area contributed by atoms with E-state index in [-0.39, 0.29) is 0 Å². The number of thioether (sulfide) groups is 1. The van der Waals surface area contributed by atoms with Crippen molar-refractivity contribution in [1.29, 1.82) is 5.26 Å². The number of nitrogens with zero attached hydrogens (tertiary/aromatic N) is 3. The first kappa shape index (κ1) is 13.1. The maximum Gasteiger partial charge on any atom is 0.170 e. The molecule has 92 valence electrons. The molecule has 0 bridgehead atoms. The van der Waals surface area contributed by atoms with Crippen molar-refractivity contribution in [1.82, 2.24) is 9.36 Å². The summed E-state index contributed by atoms with van der Waals surface area (Å²) in [5, 5.41) is 8.82. The van der Waals surface area contributed by atoms with Crippen LogP contribution in [0.1, 0.15) is 29.4 Å². The normalized spacial score (nSPS) is 10.3. The maximum absolute atomic E-state index is 8.82. The van der Waals surface area contributed by atoms with Gasteiger partial charge in [0, 0.05) is 12.2 Å². The van der Waals surface area contributed by atoms with Crippen molar-refractivity contribution in [2.24, 2.45) is 0 Å². The molecule has 1 heterocycles. The largest absolute Gasteiger partial charge is 0.213 e. The standard InChI is InChI=1S/C13H13N3S2/c1-3-12-15-13(18-16-12)17-8-11-5-4-10(7-14)6-9(11)2/h4-6H,3,8H2,1-2H3. The van der Waals surface area contributed by atoms with E-state index in [4.69, 9.17) is 5.26 Å². The van der Waals surface area contributed by atoms with E-state index >= 15 is 0 Å². The highest BCUT2D eigenvalue weighted by Gasteiger charge is 2.05. The van der Waals surface area contributed by atoms with Crippen molar-refractivity contribution >= 4 is 23.3 Å². The summed E-state index contributed by atoms with van der Waals surface area (Å²) in [7, 11) is 0. The van der Waals surface area contributed by atoms with E-state index < -0.39 is 0 Å². The van der Waals surface area contributed by atoms with Crippen LogP contribution < -0.4 is 0 Å². The van der Waals surface area contributed by atoms with E-state index in [2.05, 4.69) is 22.4 Å².